The van der Waals surface area contributed by atoms with Crippen molar-refractivity contribution in [3.8, 4) is 5.75 Å². The second-order valence-corrected chi connectivity index (χ2v) is 8.95. The average molecular weight is 539 g/mol. The lowest BCUT2D eigenvalue weighted by atomic mass is 10.0. The number of aromatic nitrogens is 1. The van der Waals surface area contributed by atoms with Crippen molar-refractivity contribution in [1.82, 2.24) is 20.9 Å². The fourth-order valence-electron chi connectivity index (χ4n) is 3.96. The number of aromatic hydroxyl groups is 1. The van der Waals surface area contributed by atoms with Gasteiger partial charge in [-0.05, 0) is 35.7 Å². The van der Waals surface area contributed by atoms with E-state index in [9.17, 15) is 29.1 Å². The van der Waals surface area contributed by atoms with Gasteiger partial charge in [-0.2, -0.15) is 0 Å². The van der Waals surface area contributed by atoms with Crippen LogP contribution in [0.15, 0.2) is 54.7 Å². The summed E-state index contributed by atoms with van der Waals surface area (Å²) in [5, 5.41) is 26.2. The van der Waals surface area contributed by atoms with Crippen LogP contribution in [0.5, 0.6) is 5.75 Å². The fraction of sp³-hybridized carbons (Fsp3) is 0.269. The number of carbonyl (C=O) groups excluding carboxylic acids is 4. The van der Waals surface area contributed by atoms with E-state index in [1.165, 1.54) is 12.1 Å². The number of primary amides is 1. The van der Waals surface area contributed by atoms with Gasteiger partial charge < -0.3 is 42.6 Å². The molecule has 3 atom stereocenters. The Bertz CT molecular complexity index is 1350. The molecule has 0 aliphatic rings. The van der Waals surface area contributed by atoms with Crippen LogP contribution in [0.1, 0.15) is 17.5 Å². The van der Waals surface area contributed by atoms with Crippen LogP contribution in [0.25, 0.3) is 10.9 Å². The van der Waals surface area contributed by atoms with Gasteiger partial charge in [-0.25, -0.2) is 0 Å². The first-order valence-electron chi connectivity index (χ1n) is 12.0. The van der Waals surface area contributed by atoms with Crippen LogP contribution in [0.2, 0.25) is 0 Å². The molecule has 3 unspecified atom stereocenters. The second kappa shape index (κ2) is 13.1. The summed E-state index contributed by atoms with van der Waals surface area (Å²) in [6, 6.07) is 9.74. The zero-order valence-corrected chi connectivity index (χ0v) is 20.8. The molecule has 3 rings (SSSR count). The van der Waals surface area contributed by atoms with Gasteiger partial charge in [-0.1, -0.05) is 30.3 Å². The number of hydrogen-bond acceptors (Lipinski definition) is 7. The lowest BCUT2D eigenvalue weighted by Gasteiger charge is -2.23. The molecule has 0 aliphatic heterocycles. The summed E-state index contributed by atoms with van der Waals surface area (Å²) in [5.41, 5.74) is 13.5. The van der Waals surface area contributed by atoms with Gasteiger partial charge in [0.1, 0.15) is 24.4 Å². The van der Waals surface area contributed by atoms with Crippen LogP contribution in [-0.4, -0.2) is 69.5 Å². The number of benzene rings is 2. The Labute approximate surface area is 222 Å². The zero-order valence-electron chi connectivity index (χ0n) is 20.8. The summed E-state index contributed by atoms with van der Waals surface area (Å²) in [5.74, 6) is -4.54. The van der Waals surface area contributed by atoms with E-state index in [0.717, 1.165) is 10.9 Å². The van der Waals surface area contributed by atoms with Crippen LogP contribution in [0, 0.1) is 0 Å². The number of rotatable bonds is 13. The highest BCUT2D eigenvalue weighted by atomic mass is 16.4. The van der Waals surface area contributed by atoms with Gasteiger partial charge in [0.15, 0.2) is 0 Å². The molecule has 13 heteroatoms. The van der Waals surface area contributed by atoms with Gasteiger partial charge in [0, 0.05) is 23.5 Å². The molecule has 10 N–H and O–H groups in total. The molecule has 0 bridgehead atoms. The first kappa shape index (κ1) is 28.7. The van der Waals surface area contributed by atoms with Crippen LogP contribution in [0.4, 0.5) is 0 Å². The van der Waals surface area contributed by atoms with E-state index in [1.54, 1.807) is 18.3 Å². The number of nitrogens with one attached hydrogen (secondary N) is 4. The predicted molar refractivity (Wildman–Crippen MR) is 140 cm³/mol. The largest absolute Gasteiger partial charge is 0.508 e. The maximum Gasteiger partial charge on any atom is 0.322 e. The molecule has 0 saturated carbocycles. The van der Waals surface area contributed by atoms with Crippen LogP contribution < -0.4 is 27.4 Å². The lowest BCUT2D eigenvalue weighted by molar-refractivity contribution is -0.138. The molecule has 39 heavy (non-hydrogen) atoms. The summed E-state index contributed by atoms with van der Waals surface area (Å²) in [6.45, 7) is -0.731. The third-order valence-electron chi connectivity index (χ3n) is 5.91. The summed E-state index contributed by atoms with van der Waals surface area (Å²) >= 11 is 0. The number of phenols is 1. The number of fused-ring (bicyclic) bond motifs is 1. The molecule has 13 nitrogen and oxygen atoms in total. The highest BCUT2D eigenvalue weighted by Gasteiger charge is 2.30. The normalized spacial score (nSPS) is 13.2. The number of carboxylic acid groups (broad SMARTS) is 1. The van der Waals surface area contributed by atoms with E-state index in [4.69, 9.17) is 16.6 Å². The molecule has 0 radical (unpaired) electrons. The number of para-hydroxylation sites is 1. The van der Waals surface area contributed by atoms with Crippen molar-refractivity contribution in [3.63, 3.8) is 0 Å². The van der Waals surface area contributed by atoms with Crippen molar-refractivity contribution in [2.75, 3.05) is 6.54 Å². The number of hydrogen-bond donors (Lipinski definition) is 8. The Morgan fingerprint density at radius 1 is 0.872 bits per heavy atom. The maximum absolute atomic E-state index is 13.3. The van der Waals surface area contributed by atoms with Gasteiger partial charge in [0.25, 0.3) is 0 Å². The van der Waals surface area contributed by atoms with Crippen molar-refractivity contribution >= 4 is 40.5 Å². The molecule has 206 valence electrons. The summed E-state index contributed by atoms with van der Waals surface area (Å²) in [6.07, 6.45) is 1.22. The molecule has 2 aromatic carbocycles. The van der Waals surface area contributed by atoms with E-state index in [1.807, 2.05) is 24.3 Å². The predicted octanol–water partition coefficient (Wildman–Crippen LogP) is -0.968. The highest BCUT2D eigenvalue weighted by Crippen LogP contribution is 2.19. The SMILES string of the molecule is NC(=O)CC(NC(=O)C(Cc1c[nH]c2ccccc12)NC(=O)C(N)Cc1ccc(O)cc1)C(=O)NCC(=O)O. The average Bonchev–Trinajstić information content (AvgIpc) is 3.30. The number of carbonyl (C=O) groups is 5. The topological polar surface area (TPSA) is 230 Å². The lowest BCUT2D eigenvalue weighted by Crippen LogP contribution is -2.57. The van der Waals surface area contributed by atoms with Crippen molar-refractivity contribution in [1.29, 1.82) is 0 Å². The molecule has 1 heterocycles. The second-order valence-electron chi connectivity index (χ2n) is 8.95. The van der Waals surface area contributed by atoms with Crippen molar-refractivity contribution < 1.29 is 34.2 Å². The van der Waals surface area contributed by atoms with E-state index in [0.29, 0.717) is 11.1 Å². The number of H-pyrrole nitrogens is 1. The van der Waals surface area contributed by atoms with E-state index >= 15 is 0 Å². The van der Waals surface area contributed by atoms with Crippen LogP contribution in [0.3, 0.4) is 0 Å². The molecular formula is C26H30N6O7. The van der Waals surface area contributed by atoms with Gasteiger partial charge in [0.2, 0.25) is 23.6 Å². The molecule has 1 aromatic heterocycles. The van der Waals surface area contributed by atoms with E-state index in [-0.39, 0.29) is 18.6 Å². The minimum Gasteiger partial charge on any atom is -0.508 e. The zero-order chi connectivity index (χ0) is 28.5. The number of amides is 4. The number of aromatic amines is 1. The Balaban J connectivity index is 1.81. The molecule has 0 aliphatic carbocycles. The van der Waals surface area contributed by atoms with Crippen molar-refractivity contribution in [3.05, 3.63) is 65.9 Å². The maximum atomic E-state index is 13.3. The standard InChI is InChI=1S/C26H30N6O7/c27-18(9-14-5-7-16(33)8-6-14)24(37)31-20(10-15-12-29-19-4-2-1-3-17(15)19)26(39)32-21(11-22(28)34)25(38)30-13-23(35)36/h1-8,12,18,20-21,29,33H,9-11,13,27H2,(H2,28,34)(H,30,38)(H,31,37)(H,32,39)(H,35,36). The molecule has 4 amide bonds. The highest BCUT2D eigenvalue weighted by molar-refractivity contribution is 5.96. The Morgan fingerprint density at radius 3 is 2.21 bits per heavy atom. The van der Waals surface area contributed by atoms with Crippen LogP contribution >= 0.6 is 0 Å². The van der Waals surface area contributed by atoms with Crippen molar-refractivity contribution in [2.45, 2.75) is 37.4 Å². The van der Waals surface area contributed by atoms with Gasteiger partial charge >= 0.3 is 5.97 Å². The van der Waals surface area contributed by atoms with E-state index in [2.05, 4.69) is 20.9 Å². The van der Waals surface area contributed by atoms with Gasteiger partial charge in [0.05, 0.1) is 12.5 Å². The Morgan fingerprint density at radius 2 is 1.54 bits per heavy atom. The number of carboxylic acids is 1. The molecule has 3 aromatic rings. The quantitative estimate of drug-likeness (QED) is 0.135. The van der Waals surface area contributed by atoms with Gasteiger partial charge in [-0.3, -0.25) is 24.0 Å². The molecule has 0 fully saturated rings. The number of phenolic OH excluding ortho intramolecular Hbond substituents is 1. The molecule has 0 spiro atoms. The minimum atomic E-state index is -1.47. The summed E-state index contributed by atoms with van der Waals surface area (Å²) < 4.78 is 0. The fourth-order valence-corrected chi connectivity index (χ4v) is 3.96. The molecular weight excluding hydrogens is 508 g/mol. The van der Waals surface area contributed by atoms with Gasteiger partial charge in [-0.15, -0.1) is 0 Å². The third kappa shape index (κ3) is 8.30. The Kier molecular flexibility index (Phi) is 9.59. The first-order chi connectivity index (χ1) is 18.5. The first-order valence-corrected chi connectivity index (χ1v) is 12.0. The smallest absolute Gasteiger partial charge is 0.322 e. The minimum absolute atomic E-state index is 0.00749. The summed E-state index contributed by atoms with van der Waals surface area (Å²) in [7, 11) is 0. The Hall–Kier alpha value is -4.91. The third-order valence-corrected chi connectivity index (χ3v) is 5.91. The van der Waals surface area contributed by atoms with Crippen molar-refractivity contribution in [2.24, 2.45) is 11.5 Å². The summed E-state index contributed by atoms with van der Waals surface area (Å²) in [4.78, 5) is 64.3. The van der Waals surface area contributed by atoms with Crippen LogP contribution in [-0.2, 0) is 36.8 Å². The molecule has 0 saturated heterocycles. The monoisotopic (exact) mass is 538 g/mol. The van der Waals surface area contributed by atoms with E-state index < -0.39 is 60.7 Å². The number of aliphatic carboxylic acids is 1. The number of nitrogens with two attached hydrogens (primary N) is 2.